The van der Waals surface area contributed by atoms with Crippen LogP contribution in [-0.4, -0.2) is 29.0 Å². The lowest BCUT2D eigenvalue weighted by Gasteiger charge is -2.25. The van der Waals surface area contributed by atoms with Crippen LogP contribution in [0.15, 0.2) is 30.3 Å². The van der Waals surface area contributed by atoms with Gasteiger partial charge in [0, 0.05) is 0 Å². The SMILES string of the molecule is CC(CO)(CO)OCc1ccccc1. The Morgan fingerprint density at radius 1 is 1.14 bits per heavy atom. The lowest BCUT2D eigenvalue weighted by Crippen LogP contribution is -2.37. The minimum Gasteiger partial charge on any atom is -0.393 e. The fourth-order valence-electron chi connectivity index (χ4n) is 0.973. The molecule has 2 N–H and O–H groups in total. The molecule has 0 aliphatic rings. The number of ether oxygens (including phenoxy) is 1. The summed E-state index contributed by atoms with van der Waals surface area (Å²) in [5.41, 5.74) is 0.177. The molecule has 0 saturated heterocycles. The first-order chi connectivity index (χ1) is 6.70. The van der Waals surface area contributed by atoms with E-state index in [1.54, 1.807) is 6.92 Å². The number of aliphatic hydroxyl groups excluding tert-OH is 2. The highest BCUT2D eigenvalue weighted by atomic mass is 16.5. The van der Waals surface area contributed by atoms with Gasteiger partial charge >= 0.3 is 0 Å². The average Bonchev–Trinajstić information content (AvgIpc) is 2.27. The molecule has 0 aliphatic heterocycles. The maximum absolute atomic E-state index is 8.98. The summed E-state index contributed by atoms with van der Waals surface area (Å²) in [6.45, 7) is 1.71. The Hall–Kier alpha value is -0.900. The van der Waals surface area contributed by atoms with E-state index >= 15 is 0 Å². The molecule has 0 amide bonds. The molecule has 1 aromatic carbocycles. The van der Waals surface area contributed by atoms with E-state index in [2.05, 4.69) is 0 Å². The minimum absolute atomic E-state index is 0.184. The molecule has 1 rings (SSSR count). The predicted molar refractivity (Wildman–Crippen MR) is 53.8 cm³/mol. The number of hydrogen-bond donors (Lipinski definition) is 2. The predicted octanol–water partition coefficient (Wildman–Crippen LogP) is 0.946. The largest absolute Gasteiger partial charge is 0.393 e. The third-order valence-electron chi connectivity index (χ3n) is 2.10. The van der Waals surface area contributed by atoms with Gasteiger partial charge in [-0.3, -0.25) is 0 Å². The molecule has 0 bridgehead atoms. The lowest BCUT2D eigenvalue weighted by atomic mass is 10.1. The fourth-order valence-corrected chi connectivity index (χ4v) is 0.973. The molecular weight excluding hydrogens is 180 g/mol. The van der Waals surface area contributed by atoms with Crippen molar-refractivity contribution in [1.29, 1.82) is 0 Å². The molecule has 0 atom stereocenters. The molecule has 0 radical (unpaired) electrons. The molecule has 0 aromatic heterocycles. The van der Waals surface area contributed by atoms with Gasteiger partial charge in [-0.15, -0.1) is 0 Å². The standard InChI is InChI=1S/C11H16O3/c1-11(8-12,9-13)14-7-10-5-3-2-4-6-10/h2-6,12-13H,7-9H2,1H3. The maximum atomic E-state index is 8.98. The second-order valence-corrected chi connectivity index (χ2v) is 3.54. The molecule has 0 fully saturated rings. The first-order valence-corrected chi connectivity index (χ1v) is 4.60. The Morgan fingerprint density at radius 2 is 1.71 bits per heavy atom. The third kappa shape index (κ3) is 3.10. The quantitative estimate of drug-likeness (QED) is 0.737. The highest BCUT2D eigenvalue weighted by Crippen LogP contribution is 2.12. The van der Waals surface area contributed by atoms with Gasteiger partial charge in [-0.1, -0.05) is 30.3 Å². The van der Waals surface area contributed by atoms with Gasteiger partial charge in [0.25, 0.3) is 0 Å². The van der Waals surface area contributed by atoms with Crippen LogP contribution in [0.4, 0.5) is 0 Å². The molecule has 0 unspecified atom stereocenters. The van der Waals surface area contributed by atoms with Crippen LogP contribution >= 0.6 is 0 Å². The van der Waals surface area contributed by atoms with E-state index in [1.807, 2.05) is 30.3 Å². The average molecular weight is 196 g/mol. The van der Waals surface area contributed by atoms with Gasteiger partial charge < -0.3 is 14.9 Å². The number of rotatable bonds is 5. The van der Waals surface area contributed by atoms with Gasteiger partial charge in [-0.05, 0) is 12.5 Å². The topological polar surface area (TPSA) is 49.7 Å². The maximum Gasteiger partial charge on any atom is 0.112 e. The summed E-state index contributed by atoms with van der Waals surface area (Å²) in [7, 11) is 0. The molecule has 78 valence electrons. The van der Waals surface area contributed by atoms with E-state index in [-0.39, 0.29) is 13.2 Å². The molecular formula is C11H16O3. The first kappa shape index (κ1) is 11.2. The summed E-state index contributed by atoms with van der Waals surface area (Å²) < 4.78 is 5.41. The zero-order valence-electron chi connectivity index (χ0n) is 8.31. The van der Waals surface area contributed by atoms with Crippen molar-refractivity contribution in [1.82, 2.24) is 0 Å². The molecule has 0 aliphatic carbocycles. The summed E-state index contributed by atoms with van der Waals surface area (Å²) in [5.74, 6) is 0. The Kier molecular flexibility index (Phi) is 4.07. The van der Waals surface area contributed by atoms with Gasteiger partial charge in [0.2, 0.25) is 0 Å². The van der Waals surface area contributed by atoms with Gasteiger partial charge in [-0.2, -0.15) is 0 Å². The Labute approximate surface area is 84.0 Å². The van der Waals surface area contributed by atoms with Gasteiger partial charge in [-0.25, -0.2) is 0 Å². The molecule has 3 heteroatoms. The zero-order valence-corrected chi connectivity index (χ0v) is 8.31. The van der Waals surface area contributed by atoms with Crippen molar-refractivity contribution < 1.29 is 14.9 Å². The molecule has 1 aromatic rings. The molecule has 3 nitrogen and oxygen atoms in total. The summed E-state index contributed by atoms with van der Waals surface area (Å²) in [6, 6.07) is 9.66. The van der Waals surface area contributed by atoms with Crippen LogP contribution in [0.25, 0.3) is 0 Å². The van der Waals surface area contributed by atoms with E-state index < -0.39 is 5.60 Å². The van der Waals surface area contributed by atoms with Crippen molar-refractivity contribution in [2.75, 3.05) is 13.2 Å². The smallest absolute Gasteiger partial charge is 0.112 e. The molecule has 14 heavy (non-hydrogen) atoms. The number of hydrogen-bond acceptors (Lipinski definition) is 3. The van der Waals surface area contributed by atoms with Gasteiger partial charge in [0.15, 0.2) is 0 Å². The summed E-state index contributed by atoms with van der Waals surface area (Å²) >= 11 is 0. The number of aliphatic hydroxyl groups is 2. The Bertz CT molecular complexity index is 254. The highest BCUT2D eigenvalue weighted by molar-refractivity contribution is 5.13. The molecule has 0 saturated carbocycles. The lowest BCUT2D eigenvalue weighted by molar-refractivity contribution is -0.104. The van der Waals surface area contributed by atoms with Crippen LogP contribution in [-0.2, 0) is 11.3 Å². The zero-order chi connectivity index (χ0) is 10.4. The first-order valence-electron chi connectivity index (χ1n) is 4.60. The van der Waals surface area contributed by atoms with Crippen molar-refractivity contribution in [3.63, 3.8) is 0 Å². The van der Waals surface area contributed by atoms with E-state index in [0.717, 1.165) is 5.56 Å². The Balaban J connectivity index is 2.48. The van der Waals surface area contributed by atoms with Crippen LogP contribution < -0.4 is 0 Å². The van der Waals surface area contributed by atoms with Crippen LogP contribution in [0.1, 0.15) is 12.5 Å². The van der Waals surface area contributed by atoms with E-state index in [4.69, 9.17) is 14.9 Å². The second-order valence-electron chi connectivity index (χ2n) is 3.54. The van der Waals surface area contributed by atoms with E-state index in [9.17, 15) is 0 Å². The normalized spacial score (nSPS) is 11.6. The van der Waals surface area contributed by atoms with Crippen LogP contribution in [0, 0.1) is 0 Å². The Morgan fingerprint density at radius 3 is 2.21 bits per heavy atom. The number of benzene rings is 1. The fraction of sp³-hybridized carbons (Fsp3) is 0.455. The third-order valence-corrected chi connectivity index (χ3v) is 2.10. The van der Waals surface area contributed by atoms with Crippen LogP contribution in [0.5, 0.6) is 0 Å². The molecule has 0 heterocycles. The minimum atomic E-state index is -0.851. The summed E-state index contributed by atoms with van der Waals surface area (Å²) in [6.07, 6.45) is 0. The van der Waals surface area contributed by atoms with Crippen LogP contribution in [0.2, 0.25) is 0 Å². The van der Waals surface area contributed by atoms with Crippen molar-refractivity contribution in [3.05, 3.63) is 35.9 Å². The van der Waals surface area contributed by atoms with E-state index in [0.29, 0.717) is 6.61 Å². The van der Waals surface area contributed by atoms with Crippen LogP contribution in [0.3, 0.4) is 0 Å². The van der Waals surface area contributed by atoms with Gasteiger partial charge in [0.05, 0.1) is 19.8 Å². The van der Waals surface area contributed by atoms with Crippen molar-refractivity contribution in [3.8, 4) is 0 Å². The van der Waals surface area contributed by atoms with Crippen molar-refractivity contribution >= 4 is 0 Å². The van der Waals surface area contributed by atoms with Gasteiger partial charge in [0.1, 0.15) is 5.60 Å². The highest BCUT2D eigenvalue weighted by Gasteiger charge is 2.22. The summed E-state index contributed by atoms with van der Waals surface area (Å²) in [5, 5.41) is 18.0. The van der Waals surface area contributed by atoms with Crippen molar-refractivity contribution in [2.45, 2.75) is 19.1 Å². The van der Waals surface area contributed by atoms with Crippen molar-refractivity contribution in [2.24, 2.45) is 0 Å². The second kappa shape index (κ2) is 5.10. The summed E-state index contributed by atoms with van der Waals surface area (Å²) in [4.78, 5) is 0. The van der Waals surface area contributed by atoms with E-state index in [1.165, 1.54) is 0 Å². The monoisotopic (exact) mass is 196 g/mol. The molecule has 0 spiro atoms.